The molecule has 29 heavy (non-hydrogen) atoms. The van der Waals surface area contributed by atoms with Crippen LogP contribution in [0, 0.1) is 0 Å². The highest BCUT2D eigenvalue weighted by atomic mass is 32.2. The topological polar surface area (TPSA) is 80.9 Å². The molecule has 0 fully saturated rings. The van der Waals surface area contributed by atoms with Crippen molar-refractivity contribution in [3.05, 3.63) is 78.1 Å². The Hall–Kier alpha value is -3.32. The first-order chi connectivity index (χ1) is 14.2. The number of hydrogen-bond acceptors (Lipinski definition) is 6. The van der Waals surface area contributed by atoms with Crippen LogP contribution in [0.2, 0.25) is 0 Å². The smallest absolute Gasteiger partial charge is 0.338 e. The van der Waals surface area contributed by atoms with Crippen molar-refractivity contribution < 1.29 is 18.7 Å². The first-order valence-electron chi connectivity index (χ1n) is 9.03. The molecule has 1 N–H and O–H groups in total. The molecule has 0 unspecified atom stereocenters. The van der Waals surface area contributed by atoms with E-state index in [2.05, 4.69) is 10.5 Å². The second kappa shape index (κ2) is 10.3. The lowest BCUT2D eigenvalue weighted by Gasteiger charge is -2.02. The number of nitrogens with zero attached hydrogens (tertiary/aromatic N) is 1. The number of esters is 1. The molecule has 0 saturated carbocycles. The Morgan fingerprint density at radius 3 is 2.55 bits per heavy atom. The number of benzene rings is 2. The maximum atomic E-state index is 11.9. The number of carbonyl (C=O) groups excluding carboxylic acids is 2. The fraction of sp³-hybridized carbons (Fsp3) is 0.136. The first-order valence-corrected chi connectivity index (χ1v) is 10.0. The molecule has 0 spiro atoms. The Balaban J connectivity index is 1.52. The summed E-state index contributed by atoms with van der Waals surface area (Å²) in [6, 6.07) is 20.2. The maximum absolute atomic E-state index is 11.9. The van der Waals surface area contributed by atoms with Gasteiger partial charge in [0.1, 0.15) is 11.5 Å². The summed E-state index contributed by atoms with van der Waals surface area (Å²) in [5.41, 5.74) is 3.79. The molecule has 1 aromatic heterocycles. The van der Waals surface area contributed by atoms with Gasteiger partial charge in [-0.15, -0.1) is 11.8 Å². The predicted molar refractivity (Wildman–Crippen MR) is 113 cm³/mol. The molecule has 7 heteroatoms. The summed E-state index contributed by atoms with van der Waals surface area (Å²) < 4.78 is 10.7. The van der Waals surface area contributed by atoms with Crippen molar-refractivity contribution in [2.75, 3.05) is 12.4 Å². The lowest BCUT2D eigenvalue weighted by Crippen LogP contribution is -2.19. The minimum absolute atomic E-state index is 0.198. The van der Waals surface area contributed by atoms with E-state index >= 15 is 0 Å². The monoisotopic (exact) mass is 408 g/mol. The summed E-state index contributed by atoms with van der Waals surface area (Å²) in [4.78, 5) is 24.6. The van der Waals surface area contributed by atoms with E-state index in [9.17, 15) is 9.59 Å². The minimum Gasteiger partial charge on any atom is -0.462 e. The number of nitrogens with one attached hydrogen (secondary N) is 1. The molecule has 1 amide bonds. The van der Waals surface area contributed by atoms with Crippen molar-refractivity contribution in [1.82, 2.24) is 5.43 Å². The van der Waals surface area contributed by atoms with Gasteiger partial charge >= 0.3 is 5.97 Å². The van der Waals surface area contributed by atoms with Gasteiger partial charge in [0.15, 0.2) is 0 Å². The van der Waals surface area contributed by atoms with Crippen LogP contribution in [0.3, 0.4) is 0 Å². The van der Waals surface area contributed by atoms with Crippen LogP contribution in [-0.4, -0.2) is 30.5 Å². The van der Waals surface area contributed by atoms with Crippen LogP contribution in [0.4, 0.5) is 0 Å². The Labute approximate surface area is 173 Å². The van der Waals surface area contributed by atoms with E-state index in [-0.39, 0.29) is 17.6 Å². The van der Waals surface area contributed by atoms with Crippen molar-refractivity contribution >= 4 is 29.9 Å². The molecular weight excluding hydrogens is 388 g/mol. The van der Waals surface area contributed by atoms with Crippen molar-refractivity contribution in [3.8, 4) is 11.3 Å². The lowest BCUT2D eigenvalue weighted by atomic mass is 10.1. The maximum Gasteiger partial charge on any atom is 0.338 e. The SMILES string of the molecule is CCOC(=O)c1ccc(-c2ccc(/C=N\NC(=O)CSc3ccccc3)o2)cc1. The van der Waals surface area contributed by atoms with Crippen molar-refractivity contribution in [1.29, 1.82) is 0 Å². The zero-order valence-corrected chi connectivity index (χ0v) is 16.6. The van der Waals surface area contributed by atoms with Gasteiger partial charge in [-0.25, -0.2) is 10.2 Å². The third-order valence-electron chi connectivity index (χ3n) is 3.80. The fourth-order valence-electron chi connectivity index (χ4n) is 2.43. The molecule has 148 valence electrons. The average Bonchev–Trinajstić information content (AvgIpc) is 3.22. The van der Waals surface area contributed by atoms with Crippen LogP contribution >= 0.6 is 11.8 Å². The summed E-state index contributed by atoms with van der Waals surface area (Å²) in [6.07, 6.45) is 1.45. The van der Waals surface area contributed by atoms with Crippen molar-refractivity contribution in [3.63, 3.8) is 0 Å². The normalized spacial score (nSPS) is 10.8. The molecule has 6 nitrogen and oxygen atoms in total. The summed E-state index contributed by atoms with van der Waals surface area (Å²) in [5.74, 6) is 0.861. The quantitative estimate of drug-likeness (QED) is 0.259. The molecule has 3 aromatic rings. The molecule has 0 atom stereocenters. The van der Waals surface area contributed by atoms with Gasteiger partial charge in [-0.3, -0.25) is 4.79 Å². The van der Waals surface area contributed by atoms with Crippen LogP contribution in [0.5, 0.6) is 0 Å². The van der Waals surface area contributed by atoms with E-state index in [4.69, 9.17) is 9.15 Å². The molecule has 1 heterocycles. The van der Waals surface area contributed by atoms with E-state index in [1.54, 1.807) is 43.3 Å². The zero-order valence-electron chi connectivity index (χ0n) is 15.8. The highest BCUT2D eigenvalue weighted by Crippen LogP contribution is 2.22. The van der Waals surface area contributed by atoms with Crippen molar-refractivity contribution in [2.24, 2.45) is 5.10 Å². The minimum atomic E-state index is -0.354. The number of hydrogen-bond donors (Lipinski definition) is 1. The second-order valence-electron chi connectivity index (χ2n) is 5.89. The van der Waals surface area contributed by atoms with Crippen LogP contribution in [0.25, 0.3) is 11.3 Å². The molecule has 0 radical (unpaired) electrons. The van der Waals surface area contributed by atoms with Gasteiger partial charge < -0.3 is 9.15 Å². The molecule has 0 aliphatic carbocycles. The zero-order chi connectivity index (χ0) is 20.5. The fourth-order valence-corrected chi connectivity index (χ4v) is 3.14. The standard InChI is InChI=1S/C22H20N2O4S/c1-2-27-22(26)17-10-8-16(9-11-17)20-13-12-18(28-20)14-23-24-21(25)15-29-19-6-4-3-5-7-19/h3-14H,2,15H2,1H3,(H,24,25)/b23-14-. The van der Waals surface area contributed by atoms with Crippen LogP contribution < -0.4 is 5.43 Å². The highest BCUT2D eigenvalue weighted by Gasteiger charge is 2.08. The van der Waals surface area contributed by atoms with Gasteiger partial charge in [0.05, 0.1) is 24.1 Å². The molecule has 3 rings (SSSR count). The molecule has 0 aliphatic rings. The summed E-state index contributed by atoms with van der Waals surface area (Å²) in [6.45, 7) is 2.10. The third kappa shape index (κ3) is 6.08. The van der Waals surface area contributed by atoms with Gasteiger partial charge in [0, 0.05) is 10.5 Å². The van der Waals surface area contributed by atoms with E-state index in [1.165, 1.54) is 18.0 Å². The Kier molecular flexibility index (Phi) is 7.24. The summed E-state index contributed by atoms with van der Waals surface area (Å²) in [5, 5.41) is 3.93. The van der Waals surface area contributed by atoms with Gasteiger partial charge in [-0.1, -0.05) is 30.3 Å². The van der Waals surface area contributed by atoms with Gasteiger partial charge in [-0.05, 0) is 43.3 Å². The second-order valence-corrected chi connectivity index (χ2v) is 6.94. The Morgan fingerprint density at radius 2 is 1.83 bits per heavy atom. The number of ether oxygens (including phenoxy) is 1. The summed E-state index contributed by atoms with van der Waals surface area (Å²) in [7, 11) is 0. The van der Waals surface area contributed by atoms with Crippen LogP contribution in [0.1, 0.15) is 23.0 Å². The number of hydrazone groups is 1. The number of rotatable bonds is 8. The van der Waals surface area contributed by atoms with Crippen LogP contribution in [0.15, 0.2) is 81.1 Å². The molecule has 0 aliphatic heterocycles. The largest absolute Gasteiger partial charge is 0.462 e. The van der Waals surface area contributed by atoms with Crippen LogP contribution in [-0.2, 0) is 9.53 Å². The first kappa shape index (κ1) is 20.4. The number of amides is 1. The Morgan fingerprint density at radius 1 is 1.07 bits per heavy atom. The summed E-state index contributed by atoms with van der Waals surface area (Å²) >= 11 is 1.44. The molecule has 0 bridgehead atoms. The number of carbonyl (C=O) groups is 2. The Bertz CT molecular complexity index is 982. The molecular formula is C22H20N2O4S. The molecule has 2 aromatic carbocycles. The third-order valence-corrected chi connectivity index (χ3v) is 4.81. The highest BCUT2D eigenvalue weighted by molar-refractivity contribution is 8.00. The van der Waals surface area contributed by atoms with E-state index in [0.717, 1.165) is 10.5 Å². The average molecular weight is 408 g/mol. The van der Waals surface area contributed by atoms with Crippen molar-refractivity contribution in [2.45, 2.75) is 11.8 Å². The number of furan rings is 1. The van der Waals surface area contributed by atoms with E-state index < -0.39 is 0 Å². The predicted octanol–water partition coefficient (Wildman–Crippen LogP) is 4.37. The number of thioether (sulfide) groups is 1. The van der Waals surface area contributed by atoms with Gasteiger partial charge in [0.25, 0.3) is 0 Å². The van der Waals surface area contributed by atoms with Gasteiger partial charge in [-0.2, -0.15) is 5.10 Å². The lowest BCUT2D eigenvalue weighted by molar-refractivity contribution is -0.118. The van der Waals surface area contributed by atoms with Gasteiger partial charge in [0.2, 0.25) is 5.91 Å². The van der Waals surface area contributed by atoms with E-state index in [1.807, 2.05) is 30.3 Å². The molecule has 0 saturated heterocycles. The van der Waals surface area contributed by atoms with E-state index in [0.29, 0.717) is 23.7 Å².